The predicted molar refractivity (Wildman–Crippen MR) is 169 cm³/mol. The van der Waals surface area contributed by atoms with Gasteiger partial charge < -0.3 is 10.7 Å². The van der Waals surface area contributed by atoms with E-state index in [4.69, 9.17) is 4.99 Å². The molecule has 2 atom stereocenters. The third kappa shape index (κ3) is 7.01. The molecule has 2 aliphatic heterocycles. The molecule has 3 aliphatic rings. The second kappa shape index (κ2) is 12.6. The van der Waals surface area contributed by atoms with Gasteiger partial charge in [0.25, 0.3) is 5.91 Å². The molecule has 0 aromatic heterocycles. The SMILES string of the molecule is CCC(c1ccc(C(=O)NCC2=NC(C)CNN2)cc1)N1CC(c2cccc(C(F)(F)F)c2)=NC12CCC(C(C)(C)C)CC2. The van der Waals surface area contributed by atoms with Crippen LogP contribution in [0, 0.1) is 11.3 Å². The zero-order valence-electron chi connectivity index (χ0n) is 26.4. The summed E-state index contributed by atoms with van der Waals surface area (Å²) in [6.07, 6.45) is 0.150. The van der Waals surface area contributed by atoms with Gasteiger partial charge in [-0.15, -0.1) is 0 Å². The molecule has 5 rings (SSSR count). The number of alkyl halides is 3. The van der Waals surface area contributed by atoms with Gasteiger partial charge in [0, 0.05) is 24.7 Å². The van der Waals surface area contributed by atoms with Crippen LogP contribution in [0.3, 0.4) is 0 Å². The van der Waals surface area contributed by atoms with Crippen molar-refractivity contribution in [2.45, 2.75) is 90.6 Å². The molecule has 7 nitrogen and oxygen atoms in total. The van der Waals surface area contributed by atoms with Gasteiger partial charge in [0.1, 0.15) is 11.5 Å². The minimum atomic E-state index is -4.41. The number of amides is 1. The van der Waals surface area contributed by atoms with E-state index >= 15 is 0 Å². The molecule has 2 aromatic carbocycles. The summed E-state index contributed by atoms with van der Waals surface area (Å²) in [5.41, 5.74) is 7.99. The van der Waals surface area contributed by atoms with Crippen molar-refractivity contribution in [2.75, 3.05) is 19.6 Å². The van der Waals surface area contributed by atoms with Gasteiger partial charge in [-0.1, -0.05) is 52.0 Å². The molecule has 1 fully saturated rings. The Hall–Kier alpha value is -3.24. The summed E-state index contributed by atoms with van der Waals surface area (Å²) >= 11 is 0. The highest BCUT2D eigenvalue weighted by Crippen LogP contribution is 2.49. The molecule has 44 heavy (non-hydrogen) atoms. The first kappa shape index (κ1) is 32.2. The molecule has 0 saturated heterocycles. The van der Waals surface area contributed by atoms with Crippen LogP contribution in [0.4, 0.5) is 13.2 Å². The van der Waals surface area contributed by atoms with Gasteiger partial charge in [-0.05, 0) is 85.8 Å². The van der Waals surface area contributed by atoms with E-state index in [1.54, 1.807) is 6.07 Å². The second-order valence-electron chi connectivity index (χ2n) is 13.5. The lowest BCUT2D eigenvalue weighted by Gasteiger charge is -2.47. The van der Waals surface area contributed by atoms with E-state index in [1.165, 1.54) is 12.1 Å². The van der Waals surface area contributed by atoms with Gasteiger partial charge in [0.2, 0.25) is 0 Å². The summed E-state index contributed by atoms with van der Waals surface area (Å²) in [5.74, 6) is 1.08. The fourth-order valence-corrected chi connectivity index (χ4v) is 6.93. The molecule has 1 amide bonds. The minimum Gasteiger partial charge on any atom is -0.345 e. The molecule has 10 heteroatoms. The largest absolute Gasteiger partial charge is 0.416 e. The number of hydrogen-bond acceptors (Lipinski definition) is 6. The van der Waals surface area contributed by atoms with Crippen molar-refractivity contribution in [3.63, 3.8) is 0 Å². The Morgan fingerprint density at radius 3 is 2.43 bits per heavy atom. The Bertz CT molecular complexity index is 1390. The van der Waals surface area contributed by atoms with Crippen molar-refractivity contribution < 1.29 is 18.0 Å². The van der Waals surface area contributed by atoms with Crippen LogP contribution in [0.1, 0.15) is 99.8 Å². The number of aliphatic imine (C=N–C) groups is 2. The number of carbonyl (C=O) groups excluding carboxylic acids is 1. The average Bonchev–Trinajstić information content (AvgIpc) is 3.34. The number of rotatable bonds is 7. The summed E-state index contributed by atoms with van der Waals surface area (Å²) < 4.78 is 40.8. The van der Waals surface area contributed by atoms with E-state index < -0.39 is 17.4 Å². The van der Waals surface area contributed by atoms with Crippen molar-refractivity contribution in [1.29, 1.82) is 0 Å². The van der Waals surface area contributed by atoms with Gasteiger partial charge in [-0.25, -0.2) is 5.43 Å². The zero-order chi connectivity index (χ0) is 31.7. The molecule has 1 spiro atoms. The zero-order valence-corrected chi connectivity index (χ0v) is 26.4. The lowest BCUT2D eigenvalue weighted by Crippen LogP contribution is -2.50. The number of amidine groups is 1. The summed E-state index contributed by atoms with van der Waals surface area (Å²) in [5, 5.41) is 2.93. The number of carbonyl (C=O) groups is 1. The normalized spacial score (nSPS) is 25.3. The Morgan fingerprint density at radius 2 is 1.82 bits per heavy atom. The van der Waals surface area contributed by atoms with Gasteiger partial charge in [0.15, 0.2) is 0 Å². The third-order valence-electron chi connectivity index (χ3n) is 9.48. The van der Waals surface area contributed by atoms with Crippen LogP contribution in [-0.2, 0) is 6.18 Å². The molecule has 2 heterocycles. The first-order valence-electron chi connectivity index (χ1n) is 15.8. The lowest BCUT2D eigenvalue weighted by atomic mass is 9.69. The highest BCUT2D eigenvalue weighted by Gasteiger charge is 2.48. The molecule has 2 unspecified atom stereocenters. The molecular formula is C34H45F3N6O. The summed E-state index contributed by atoms with van der Waals surface area (Å²) in [7, 11) is 0. The number of benzene rings is 2. The predicted octanol–water partition coefficient (Wildman–Crippen LogP) is 6.52. The highest BCUT2D eigenvalue weighted by molar-refractivity contribution is 6.03. The van der Waals surface area contributed by atoms with Crippen molar-refractivity contribution in [1.82, 2.24) is 21.1 Å². The Morgan fingerprint density at radius 1 is 1.11 bits per heavy atom. The molecule has 1 saturated carbocycles. The van der Waals surface area contributed by atoms with E-state index in [2.05, 4.69) is 53.8 Å². The third-order valence-corrected chi connectivity index (χ3v) is 9.48. The molecule has 0 radical (unpaired) electrons. The molecule has 238 valence electrons. The molecule has 3 N–H and O–H groups in total. The van der Waals surface area contributed by atoms with Gasteiger partial charge >= 0.3 is 6.18 Å². The lowest BCUT2D eigenvalue weighted by molar-refractivity contribution is -0.137. The summed E-state index contributed by atoms with van der Waals surface area (Å²) in [6.45, 7) is 12.5. The molecular weight excluding hydrogens is 565 g/mol. The average molecular weight is 611 g/mol. The fraction of sp³-hybridized carbons (Fsp3) is 0.559. The Labute approximate surface area is 258 Å². The topological polar surface area (TPSA) is 81.1 Å². The van der Waals surface area contributed by atoms with Crippen LogP contribution in [-0.4, -0.2) is 53.7 Å². The van der Waals surface area contributed by atoms with E-state index in [0.717, 1.165) is 50.3 Å². The second-order valence-corrected chi connectivity index (χ2v) is 13.5. The molecule has 2 aromatic rings. The van der Waals surface area contributed by atoms with Crippen molar-refractivity contribution in [3.8, 4) is 0 Å². The van der Waals surface area contributed by atoms with Crippen molar-refractivity contribution >= 4 is 17.5 Å². The van der Waals surface area contributed by atoms with E-state index in [9.17, 15) is 18.0 Å². The monoisotopic (exact) mass is 610 g/mol. The van der Waals surface area contributed by atoms with E-state index in [1.807, 2.05) is 31.2 Å². The maximum Gasteiger partial charge on any atom is 0.416 e. The minimum absolute atomic E-state index is 0.00120. The smallest absolute Gasteiger partial charge is 0.345 e. The first-order chi connectivity index (χ1) is 20.8. The van der Waals surface area contributed by atoms with Crippen LogP contribution in [0.15, 0.2) is 58.5 Å². The Balaban J connectivity index is 1.38. The Kier molecular flexibility index (Phi) is 9.23. The fourth-order valence-electron chi connectivity index (χ4n) is 6.93. The summed E-state index contributed by atoms with van der Waals surface area (Å²) in [6, 6.07) is 13.4. The van der Waals surface area contributed by atoms with Gasteiger partial charge in [-0.2, -0.15) is 13.2 Å². The standard InChI is InChI=1S/C34H45F3N6O/c1-6-29(23-10-12-24(13-11-23)31(44)38-20-30-40-22(2)19-39-42-30)43-21-28(25-8-7-9-27(18-25)34(35,36)37)41-33(43)16-14-26(15-17-33)32(3,4)5/h7-13,18,22,26,29,39H,6,14-17,19-21H2,1-5H3,(H,38,44)(H,40,42). The quantitative estimate of drug-likeness (QED) is 0.334. The van der Waals surface area contributed by atoms with E-state index in [-0.39, 0.29) is 23.4 Å². The highest BCUT2D eigenvalue weighted by atomic mass is 19.4. The van der Waals surface area contributed by atoms with Crippen molar-refractivity contribution in [3.05, 3.63) is 70.8 Å². The number of halogens is 3. The van der Waals surface area contributed by atoms with Crippen LogP contribution in [0.25, 0.3) is 0 Å². The van der Waals surface area contributed by atoms with Crippen LogP contribution in [0.2, 0.25) is 0 Å². The van der Waals surface area contributed by atoms with Crippen LogP contribution >= 0.6 is 0 Å². The van der Waals surface area contributed by atoms with E-state index in [0.29, 0.717) is 41.7 Å². The van der Waals surface area contributed by atoms with Gasteiger partial charge in [0.05, 0.1) is 23.9 Å². The number of hydrogen-bond donors (Lipinski definition) is 3. The van der Waals surface area contributed by atoms with Crippen molar-refractivity contribution in [2.24, 2.45) is 21.3 Å². The number of hydrazine groups is 1. The summed E-state index contributed by atoms with van der Waals surface area (Å²) in [4.78, 5) is 25.1. The molecule has 1 aliphatic carbocycles. The van der Waals surface area contributed by atoms with Crippen LogP contribution < -0.4 is 16.2 Å². The van der Waals surface area contributed by atoms with Gasteiger partial charge in [-0.3, -0.25) is 19.7 Å². The van der Waals surface area contributed by atoms with Crippen LogP contribution in [0.5, 0.6) is 0 Å². The molecule has 0 bridgehead atoms. The number of nitrogens with one attached hydrogen (secondary N) is 3. The maximum atomic E-state index is 13.6. The number of nitrogens with zero attached hydrogens (tertiary/aromatic N) is 3. The maximum absolute atomic E-state index is 13.6. The first-order valence-corrected chi connectivity index (χ1v) is 15.8.